The maximum Gasteiger partial charge on any atom is 0.0564 e. The van der Waals surface area contributed by atoms with Gasteiger partial charge in [0.15, 0.2) is 0 Å². The highest BCUT2D eigenvalue weighted by molar-refractivity contribution is 5.42. The van der Waals surface area contributed by atoms with Crippen molar-refractivity contribution in [1.29, 1.82) is 0 Å². The Morgan fingerprint density at radius 1 is 1.26 bits per heavy atom. The Morgan fingerprint density at radius 2 is 2.00 bits per heavy atom. The second-order valence-electron chi connectivity index (χ2n) is 5.63. The highest BCUT2D eigenvalue weighted by Gasteiger charge is 2.17. The minimum Gasteiger partial charge on any atom is -0.385 e. The number of rotatable bonds is 5. The first-order chi connectivity index (χ1) is 9.29. The van der Waals surface area contributed by atoms with Gasteiger partial charge < -0.3 is 5.32 Å². The largest absolute Gasteiger partial charge is 0.385 e. The van der Waals surface area contributed by atoms with Crippen LogP contribution in [0.4, 0.5) is 5.69 Å². The summed E-state index contributed by atoms with van der Waals surface area (Å²) in [5.41, 5.74) is 2.35. The zero-order valence-electron chi connectivity index (χ0n) is 12.4. The molecule has 0 atom stereocenters. The molecule has 0 aromatic carbocycles. The maximum absolute atomic E-state index is 4.50. The summed E-state index contributed by atoms with van der Waals surface area (Å²) in [6, 6.07) is 4.96. The minimum absolute atomic E-state index is 0.743. The molecule has 0 spiro atoms. The maximum atomic E-state index is 4.50. The predicted octanol–water partition coefficient (Wildman–Crippen LogP) is 3.67. The van der Waals surface area contributed by atoms with Crippen molar-refractivity contribution in [3.63, 3.8) is 0 Å². The summed E-state index contributed by atoms with van der Waals surface area (Å²) in [5, 5.41) is 3.35. The van der Waals surface area contributed by atoms with Gasteiger partial charge >= 0.3 is 0 Å². The second kappa shape index (κ2) is 7.49. The van der Waals surface area contributed by atoms with Crippen LogP contribution in [-0.2, 0) is 6.54 Å². The van der Waals surface area contributed by atoms with E-state index in [4.69, 9.17) is 0 Å². The lowest BCUT2D eigenvalue weighted by molar-refractivity contribution is 0.211. The standard InChI is InChI=1S/C16H27N3/c1-3-17-14-10-11-18-15(12-14)13-19(2)16-8-6-4-5-7-9-16/h10-12,16H,3-9,13H2,1-2H3,(H,17,18). The molecule has 2 rings (SSSR count). The van der Waals surface area contributed by atoms with Crippen molar-refractivity contribution in [3.05, 3.63) is 24.0 Å². The van der Waals surface area contributed by atoms with E-state index in [1.54, 1.807) is 0 Å². The summed E-state index contributed by atoms with van der Waals surface area (Å²) in [6.07, 6.45) is 10.2. The molecule has 3 heteroatoms. The molecule has 19 heavy (non-hydrogen) atoms. The summed E-state index contributed by atoms with van der Waals surface area (Å²) in [7, 11) is 2.25. The Bertz CT molecular complexity index is 370. The highest BCUT2D eigenvalue weighted by atomic mass is 15.1. The first-order valence-corrected chi connectivity index (χ1v) is 7.68. The van der Waals surface area contributed by atoms with Gasteiger partial charge in [-0.15, -0.1) is 0 Å². The lowest BCUT2D eigenvalue weighted by Crippen LogP contribution is -2.31. The zero-order valence-corrected chi connectivity index (χ0v) is 12.4. The average Bonchev–Trinajstić information content (AvgIpc) is 2.68. The van der Waals surface area contributed by atoms with Crippen LogP contribution >= 0.6 is 0 Å². The Hall–Kier alpha value is -1.09. The lowest BCUT2D eigenvalue weighted by atomic mass is 10.1. The molecule has 0 radical (unpaired) electrons. The summed E-state index contributed by atoms with van der Waals surface area (Å²) in [6.45, 7) is 4.05. The van der Waals surface area contributed by atoms with Crippen molar-refractivity contribution >= 4 is 5.69 Å². The smallest absolute Gasteiger partial charge is 0.0564 e. The molecule has 0 bridgehead atoms. The molecule has 1 aliphatic rings. The molecular formula is C16H27N3. The Labute approximate surface area is 117 Å². The van der Waals surface area contributed by atoms with Gasteiger partial charge in [-0.2, -0.15) is 0 Å². The van der Waals surface area contributed by atoms with Gasteiger partial charge in [-0.05, 0) is 38.9 Å². The second-order valence-corrected chi connectivity index (χ2v) is 5.63. The highest BCUT2D eigenvalue weighted by Crippen LogP contribution is 2.22. The van der Waals surface area contributed by atoms with Crippen molar-refractivity contribution < 1.29 is 0 Å². The van der Waals surface area contributed by atoms with Crippen LogP contribution in [0.25, 0.3) is 0 Å². The zero-order chi connectivity index (χ0) is 13.5. The van der Waals surface area contributed by atoms with Gasteiger partial charge in [0.2, 0.25) is 0 Å². The molecule has 0 unspecified atom stereocenters. The molecule has 0 saturated heterocycles. The molecule has 1 fully saturated rings. The van der Waals surface area contributed by atoms with Gasteiger partial charge in [-0.1, -0.05) is 25.7 Å². The molecule has 1 aromatic rings. The van der Waals surface area contributed by atoms with Crippen LogP contribution < -0.4 is 5.32 Å². The van der Waals surface area contributed by atoms with E-state index < -0.39 is 0 Å². The van der Waals surface area contributed by atoms with Crippen molar-refractivity contribution in [1.82, 2.24) is 9.88 Å². The van der Waals surface area contributed by atoms with E-state index in [1.807, 2.05) is 12.3 Å². The van der Waals surface area contributed by atoms with Gasteiger partial charge in [0.1, 0.15) is 0 Å². The summed E-state index contributed by atoms with van der Waals surface area (Å²) >= 11 is 0. The summed E-state index contributed by atoms with van der Waals surface area (Å²) in [4.78, 5) is 6.99. The van der Waals surface area contributed by atoms with Crippen molar-refractivity contribution in [2.24, 2.45) is 0 Å². The number of hydrogen-bond acceptors (Lipinski definition) is 3. The van der Waals surface area contributed by atoms with Crippen molar-refractivity contribution in [2.45, 2.75) is 58.0 Å². The van der Waals surface area contributed by atoms with Crippen LogP contribution in [0.15, 0.2) is 18.3 Å². The quantitative estimate of drug-likeness (QED) is 0.820. The molecule has 1 N–H and O–H groups in total. The van der Waals surface area contributed by atoms with E-state index in [0.717, 1.165) is 19.1 Å². The fourth-order valence-electron chi connectivity index (χ4n) is 2.96. The number of nitrogens with zero attached hydrogens (tertiary/aromatic N) is 2. The molecule has 3 nitrogen and oxygen atoms in total. The molecular weight excluding hydrogens is 234 g/mol. The van der Waals surface area contributed by atoms with E-state index in [1.165, 1.54) is 49.9 Å². The first kappa shape index (κ1) is 14.3. The molecule has 1 heterocycles. The normalized spacial score (nSPS) is 17.4. The SMILES string of the molecule is CCNc1ccnc(CN(C)C2CCCCCC2)c1. The van der Waals surface area contributed by atoms with E-state index in [9.17, 15) is 0 Å². The number of aromatic nitrogens is 1. The van der Waals surface area contributed by atoms with Gasteiger partial charge in [-0.25, -0.2) is 0 Å². The number of pyridine rings is 1. The molecule has 0 amide bonds. The van der Waals surface area contributed by atoms with Crippen LogP contribution in [-0.4, -0.2) is 29.5 Å². The van der Waals surface area contributed by atoms with E-state index in [2.05, 4.69) is 35.2 Å². The van der Waals surface area contributed by atoms with Gasteiger partial charge in [-0.3, -0.25) is 9.88 Å². The summed E-state index contributed by atoms with van der Waals surface area (Å²) in [5.74, 6) is 0. The van der Waals surface area contributed by atoms with Crippen molar-refractivity contribution in [3.8, 4) is 0 Å². The van der Waals surface area contributed by atoms with E-state index in [-0.39, 0.29) is 0 Å². The van der Waals surface area contributed by atoms with E-state index in [0.29, 0.717) is 0 Å². The topological polar surface area (TPSA) is 28.2 Å². The molecule has 1 aromatic heterocycles. The van der Waals surface area contributed by atoms with Crippen molar-refractivity contribution in [2.75, 3.05) is 18.9 Å². The first-order valence-electron chi connectivity index (χ1n) is 7.68. The molecule has 106 valence electrons. The van der Waals surface area contributed by atoms with Gasteiger partial charge in [0.05, 0.1) is 5.69 Å². The molecule has 0 aliphatic heterocycles. The van der Waals surface area contributed by atoms with Crippen LogP contribution in [0, 0.1) is 0 Å². The Morgan fingerprint density at radius 3 is 2.68 bits per heavy atom. The number of hydrogen-bond donors (Lipinski definition) is 1. The fraction of sp³-hybridized carbons (Fsp3) is 0.688. The molecule has 1 aliphatic carbocycles. The Kier molecular flexibility index (Phi) is 5.64. The fourth-order valence-corrected chi connectivity index (χ4v) is 2.96. The Balaban J connectivity index is 1.93. The van der Waals surface area contributed by atoms with Gasteiger partial charge in [0, 0.05) is 31.0 Å². The predicted molar refractivity (Wildman–Crippen MR) is 81.4 cm³/mol. The third kappa shape index (κ3) is 4.50. The van der Waals surface area contributed by atoms with Crippen LogP contribution in [0.3, 0.4) is 0 Å². The van der Waals surface area contributed by atoms with Gasteiger partial charge in [0.25, 0.3) is 0 Å². The summed E-state index contributed by atoms with van der Waals surface area (Å²) < 4.78 is 0. The lowest BCUT2D eigenvalue weighted by Gasteiger charge is -2.26. The average molecular weight is 261 g/mol. The number of anilines is 1. The van der Waals surface area contributed by atoms with Crippen LogP contribution in [0.5, 0.6) is 0 Å². The molecule has 1 saturated carbocycles. The monoisotopic (exact) mass is 261 g/mol. The number of nitrogens with one attached hydrogen (secondary N) is 1. The van der Waals surface area contributed by atoms with Crippen LogP contribution in [0.2, 0.25) is 0 Å². The minimum atomic E-state index is 0.743. The van der Waals surface area contributed by atoms with E-state index >= 15 is 0 Å². The third-order valence-corrected chi connectivity index (χ3v) is 4.06. The third-order valence-electron chi connectivity index (χ3n) is 4.06. The van der Waals surface area contributed by atoms with Crippen LogP contribution in [0.1, 0.15) is 51.1 Å².